The minimum absolute atomic E-state index is 0.120. The number of halogens is 3. The maximum Gasteiger partial charge on any atom is 0.416 e. The van der Waals surface area contributed by atoms with Crippen molar-refractivity contribution in [3.63, 3.8) is 0 Å². The van der Waals surface area contributed by atoms with E-state index in [9.17, 15) is 13.2 Å². The highest BCUT2D eigenvalue weighted by molar-refractivity contribution is 5.64. The summed E-state index contributed by atoms with van der Waals surface area (Å²) in [4.78, 5) is 8.27. The van der Waals surface area contributed by atoms with Crippen molar-refractivity contribution in [1.82, 2.24) is 20.3 Å². The molecule has 0 unspecified atom stereocenters. The first-order chi connectivity index (χ1) is 10.9. The summed E-state index contributed by atoms with van der Waals surface area (Å²) in [6, 6.07) is 3.57. The molecule has 0 aliphatic heterocycles. The fraction of sp³-hybridized carbons (Fsp3) is 0.286. The molecule has 6 nitrogen and oxygen atoms in total. The number of hydrogen-bond acceptors (Lipinski definition) is 6. The molecule has 0 spiro atoms. The van der Waals surface area contributed by atoms with E-state index in [1.165, 1.54) is 13.2 Å². The van der Waals surface area contributed by atoms with Crippen molar-refractivity contribution >= 4 is 11.3 Å². The third kappa shape index (κ3) is 2.94. The van der Waals surface area contributed by atoms with E-state index in [1.54, 1.807) is 6.92 Å². The van der Waals surface area contributed by atoms with Gasteiger partial charge in [-0.3, -0.25) is 0 Å². The number of ether oxygens (including phenoxy) is 1. The van der Waals surface area contributed by atoms with Crippen molar-refractivity contribution in [2.75, 3.05) is 7.11 Å². The van der Waals surface area contributed by atoms with Crippen molar-refractivity contribution in [2.45, 2.75) is 19.5 Å². The molecule has 9 heteroatoms. The average molecular weight is 324 g/mol. The lowest BCUT2D eigenvalue weighted by molar-refractivity contribution is -0.137. The van der Waals surface area contributed by atoms with Gasteiger partial charge in [0.25, 0.3) is 0 Å². The van der Waals surface area contributed by atoms with Gasteiger partial charge < -0.3 is 4.74 Å². The van der Waals surface area contributed by atoms with Crippen LogP contribution in [0.2, 0.25) is 0 Å². The van der Waals surface area contributed by atoms with Gasteiger partial charge in [-0.2, -0.15) is 18.2 Å². The van der Waals surface area contributed by atoms with Crippen LogP contribution in [0, 0.1) is 6.92 Å². The first-order valence-corrected chi connectivity index (χ1v) is 6.58. The summed E-state index contributed by atoms with van der Waals surface area (Å²) in [7, 11) is 1.39. The van der Waals surface area contributed by atoms with Crippen molar-refractivity contribution in [3.05, 3.63) is 40.6 Å². The maximum atomic E-state index is 12.9. The average Bonchev–Trinajstić information content (AvgIpc) is 2.94. The quantitative estimate of drug-likeness (QED) is 0.737. The fourth-order valence-electron chi connectivity index (χ4n) is 2.15. The predicted octanol–water partition coefficient (Wildman–Crippen LogP) is 2.94. The van der Waals surface area contributed by atoms with Gasteiger partial charge >= 0.3 is 6.18 Å². The number of alkyl halides is 3. The lowest BCUT2D eigenvalue weighted by Gasteiger charge is -2.12. The van der Waals surface area contributed by atoms with E-state index in [-0.39, 0.29) is 23.6 Å². The van der Waals surface area contributed by atoms with Crippen LogP contribution in [-0.2, 0) is 12.6 Å². The Morgan fingerprint density at radius 3 is 2.48 bits per heavy atom. The van der Waals surface area contributed by atoms with Crippen molar-refractivity contribution < 1.29 is 22.5 Å². The number of benzene rings is 1. The van der Waals surface area contributed by atoms with Crippen molar-refractivity contribution in [3.8, 4) is 5.88 Å². The second-order valence-corrected chi connectivity index (χ2v) is 4.91. The smallest absolute Gasteiger partial charge is 0.416 e. The molecular weight excluding hydrogens is 313 g/mol. The molecule has 0 atom stereocenters. The van der Waals surface area contributed by atoms with Crippen molar-refractivity contribution in [2.24, 2.45) is 0 Å². The third-order valence-corrected chi connectivity index (χ3v) is 3.38. The molecule has 2 heterocycles. The van der Waals surface area contributed by atoms with E-state index in [1.807, 2.05) is 0 Å². The van der Waals surface area contributed by atoms with Gasteiger partial charge in [-0.15, -0.1) is 0 Å². The van der Waals surface area contributed by atoms with Crippen LogP contribution >= 0.6 is 0 Å². The molecular formula is C14H11F3N4O2. The van der Waals surface area contributed by atoms with Gasteiger partial charge in [0.05, 0.1) is 12.7 Å². The second kappa shape index (κ2) is 5.49. The molecule has 0 radical (unpaired) electrons. The number of fused-ring (bicyclic) bond motifs is 1. The minimum Gasteiger partial charge on any atom is -0.480 e. The topological polar surface area (TPSA) is 73.9 Å². The number of hydrogen-bond donors (Lipinski definition) is 0. The molecule has 1 aromatic carbocycles. The SMILES string of the molecule is COc1nc2nonc2nc1Cc1cc(C(F)(F)F)ccc1C. The second-order valence-electron chi connectivity index (χ2n) is 4.91. The number of aryl methyl sites for hydroxylation is 1. The van der Waals surface area contributed by atoms with Crippen LogP contribution in [0.25, 0.3) is 11.3 Å². The Bertz CT molecular complexity index is 861. The summed E-state index contributed by atoms with van der Waals surface area (Å²) < 4.78 is 48.3. The Morgan fingerprint density at radius 2 is 1.83 bits per heavy atom. The van der Waals surface area contributed by atoms with Crippen LogP contribution in [0.4, 0.5) is 13.2 Å². The first-order valence-electron chi connectivity index (χ1n) is 6.58. The summed E-state index contributed by atoms with van der Waals surface area (Å²) >= 11 is 0. The number of rotatable bonds is 3. The standard InChI is InChI=1S/C14H11F3N4O2/c1-7-3-4-9(14(15,16)17)5-8(7)6-10-13(22-2)19-12-11(18-10)20-23-21-12/h3-5H,6H2,1-2H3. The monoisotopic (exact) mass is 324 g/mol. The predicted molar refractivity (Wildman–Crippen MR) is 72.9 cm³/mol. The highest BCUT2D eigenvalue weighted by Crippen LogP contribution is 2.31. The Labute approximate surface area is 128 Å². The number of nitrogens with zero attached hydrogens (tertiary/aromatic N) is 4. The Kier molecular flexibility index (Phi) is 3.63. The Morgan fingerprint density at radius 1 is 1.13 bits per heavy atom. The van der Waals surface area contributed by atoms with Crippen LogP contribution in [-0.4, -0.2) is 27.4 Å². The zero-order valence-electron chi connectivity index (χ0n) is 12.2. The highest BCUT2D eigenvalue weighted by Gasteiger charge is 2.30. The summed E-state index contributed by atoms with van der Waals surface area (Å²) in [6.07, 6.45) is -4.28. The molecule has 0 aliphatic carbocycles. The van der Waals surface area contributed by atoms with Crippen LogP contribution in [0.5, 0.6) is 5.88 Å². The molecule has 0 fully saturated rings. The molecule has 0 aliphatic rings. The Hall–Kier alpha value is -2.71. The van der Waals surface area contributed by atoms with E-state index in [2.05, 4.69) is 24.9 Å². The van der Waals surface area contributed by atoms with Crippen molar-refractivity contribution in [1.29, 1.82) is 0 Å². The van der Waals surface area contributed by atoms with Gasteiger partial charge in [-0.1, -0.05) is 6.07 Å². The largest absolute Gasteiger partial charge is 0.480 e. The number of methoxy groups -OCH3 is 1. The molecule has 0 N–H and O–H groups in total. The Balaban J connectivity index is 2.04. The summed E-state index contributed by atoms with van der Waals surface area (Å²) in [6.45, 7) is 1.73. The van der Waals surface area contributed by atoms with Crippen LogP contribution < -0.4 is 4.74 Å². The molecule has 120 valence electrons. The van der Waals surface area contributed by atoms with Gasteiger partial charge in [0.2, 0.25) is 17.2 Å². The maximum absolute atomic E-state index is 12.9. The molecule has 0 saturated carbocycles. The molecule has 0 bridgehead atoms. The van der Waals surface area contributed by atoms with Gasteiger partial charge in [-0.05, 0) is 40.5 Å². The van der Waals surface area contributed by atoms with E-state index in [0.717, 1.165) is 12.1 Å². The number of aromatic nitrogens is 4. The summed E-state index contributed by atoms with van der Waals surface area (Å²) in [5.74, 6) is 0.171. The van der Waals surface area contributed by atoms with Crippen LogP contribution in [0.1, 0.15) is 22.4 Å². The van der Waals surface area contributed by atoms with E-state index in [0.29, 0.717) is 16.8 Å². The van der Waals surface area contributed by atoms with Gasteiger partial charge in [0, 0.05) is 6.42 Å². The molecule has 0 saturated heterocycles. The zero-order valence-corrected chi connectivity index (χ0v) is 12.2. The lowest BCUT2D eigenvalue weighted by Crippen LogP contribution is -2.07. The molecule has 0 amide bonds. The summed E-state index contributed by atoms with van der Waals surface area (Å²) in [5, 5.41) is 7.13. The van der Waals surface area contributed by atoms with Gasteiger partial charge in [-0.25, -0.2) is 9.61 Å². The van der Waals surface area contributed by atoms with Crippen LogP contribution in [0.15, 0.2) is 22.8 Å². The zero-order chi connectivity index (χ0) is 16.6. The van der Waals surface area contributed by atoms with Gasteiger partial charge in [0.15, 0.2) is 0 Å². The normalized spacial score (nSPS) is 11.9. The third-order valence-electron chi connectivity index (χ3n) is 3.38. The fourth-order valence-corrected chi connectivity index (χ4v) is 2.15. The molecule has 2 aromatic heterocycles. The van der Waals surface area contributed by atoms with E-state index in [4.69, 9.17) is 4.74 Å². The molecule has 3 rings (SSSR count). The lowest BCUT2D eigenvalue weighted by atomic mass is 10.0. The molecule has 3 aromatic rings. The van der Waals surface area contributed by atoms with Gasteiger partial charge in [0.1, 0.15) is 5.69 Å². The van der Waals surface area contributed by atoms with E-state index < -0.39 is 11.7 Å². The summed E-state index contributed by atoms with van der Waals surface area (Å²) in [5.41, 5.74) is 1.17. The minimum atomic E-state index is -4.40. The van der Waals surface area contributed by atoms with Crippen LogP contribution in [0.3, 0.4) is 0 Å². The first kappa shape index (κ1) is 15.2. The molecule has 23 heavy (non-hydrogen) atoms. The van der Waals surface area contributed by atoms with E-state index >= 15 is 0 Å². The highest BCUT2D eigenvalue weighted by atomic mass is 19.4.